The fourth-order valence-corrected chi connectivity index (χ4v) is 3.52. The molecule has 26 heavy (non-hydrogen) atoms. The Balaban J connectivity index is 1.73. The van der Waals surface area contributed by atoms with E-state index in [1.807, 2.05) is 44.2 Å². The monoisotopic (exact) mass is 350 g/mol. The minimum Gasteiger partial charge on any atom is -0.481 e. The molecule has 7 nitrogen and oxygen atoms in total. The van der Waals surface area contributed by atoms with Crippen LogP contribution in [0, 0.1) is 13.8 Å². The first kappa shape index (κ1) is 16.3. The fraction of sp³-hybridized carbons (Fsp3) is 0.263. The normalized spacial score (nSPS) is 16.5. The van der Waals surface area contributed by atoms with E-state index in [0.717, 1.165) is 16.8 Å². The number of carbonyl (C=O) groups is 2. The third kappa shape index (κ3) is 2.52. The summed E-state index contributed by atoms with van der Waals surface area (Å²) < 4.78 is 1.65. The fourth-order valence-electron chi connectivity index (χ4n) is 3.52. The number of carboxylic acids is 1. The zero-order valence-electron chi connectivity index (χ0n) is 14.5. The molecule has 0 radical (unpaired) electrons. The van der Waals surface area contributed by atoms with E-state index in [9.17, 15) is 14.7 Å². The van der Waals surface area contributed by atoms with Gasteiger partial charge in [-0.15, -0.1) is 0 Å². The summed E-state index contributed by atoms with van der Waals surface area (Å²) in [5.74, 6) is -1.89. The number of amides is 1. The molecule has 0 fully saturated rings. The summed E-state index contributed by atoms with van der Waals surface area (Å²) in [4.78, 5) is 30.7. The van der Waals surface area contributed by atoms with Gasteiger partial charge < -0.3 is 10.0 Å². The van der Waals surface area contributed by atoms with Gasteiger partial charge in [-0.2, -0.15) is 5.10 Å². The summed E-state index contributed by atoms with van der Waals surface area (Å²) in [6.45, 7) is 4.21. The van der Waals surface area contributed by atoms with Crippen LogP contribution >= 0.6 is 0 Å². The molecule has 1 aliphatic rings. The lowest BCUT2D eigenvalue weighted by Gasteiger charge is -2.33. The van der Waals surface area contributed by atoms with E-state index >= 15 is 0 Å². The van der Waals surface area contributed by atoms with Gasteiger partial charge in [0.05, 0.1) is 22.9 Å². The number of hydrogen-bond donors (Lipinski definition) is 1. The smallest absolute Gasteiger partial charge is 0.312 e. The molecular formula is C19H18N4O3. The van der Waals surface area contributed by atoms with Crippen molar-refractivity contribution >= 4 is 17.5 Å². The van der Waals surface area contributed by atoms with Crippen LogP contribution in [-0.2, 0) is 11.3 Å². The van der Waals surface area contributed by atoms with Crippen LogP contribution in [0.15, 0.2) is 36.5 Å². The molecule has 1 atom stereocenters. The molecule has 1 unspecified atom stereocenters. The van der Waals surface area contributed by atoms with E-state index in [1.165, 1.54) is 0 Å². The van der Waals surface area contributed by atoms with Crippen LogP contribution in [0.25, 0.3) is 5.65 Å². The Kier molecular flexibility index (Phi) is 3.72. The highest BCUT2D eigenvalue weighted by Gasteiger charge is 2.33. The Labute approximate surface area is 149 Å². The molecule has 0 spiro atoms. The van der Waals surface area contributed by atoms with Crippen molar-refractivity contribution in [3.05, 3.63) is 64.6 Å². The molecule has 3 heterocycles. The SMILES string of the molecule is Cc1cc2ncc(C(=O)N3Cc4ccccc4C(C(=O)O)C3)c(C)n2n1. The summed E-state index contributed by atoms with van der Waals surface area (Å²) in [5, 5.41) is 14.0. The van der Waals surface area contributed by atoms with Crippen LogP contribution in [0.1, 0.15) is 38.8 Å². The lowest BCUT2D eigenvalue weighted by molar-refractivity contribution is -0.139. The van der Waals surface area contributed by atoms with Gasteiger partial charge in [-0.25, -0.2) is 9.50 Å². The molecule has 2 aromatic heterocycles. The summed E-state index contributed by atoms with van der Waals surface area (Å²) in [6, 6.07) is 9.22. The molecule has 1 N–H and O–H groups in total. The van der Waals surface area contributed by atoms with Gasteiger partial charge in [0.1, 0.15) is 0 Å². The summed E-state index contributed by atoms with van der Waals surface area (Å²) in [6.07, 6.45) is 1.55. The van der Waals surface area contributed by atoms with E-state index in [4.69, 9.17) is 0 Å². The first-order valence-corrected chi connectivity index (χ1v) is 8.37. The second kappa shape index (κ2) is 5.94. The van der Waals surface area contributed by atoms with Gasteiger partial charge in [0, 0.05) is 25.4 Å². The number of rotatable bonds is 2. The van der Waals surface area contributed by atoms with Crippen LogP contribution in [0.5, 0.6) is 0 Å². The quantitative estimate of drug-likeness (QED) is 0.765. The van der Waals surface area contributed by atoms with Gasteiger partial charge in [-0.3, -0.25) is 9.59 Å². The van der Waals surface area contributed by atoms with Crippen LogP contribution in [-0.4, -0.2) is 43.0 Å². The Morgan fingerprint density at radius 1 is 1.23 bits per heavy atom. The molecule has 7 heteroatoms. The zero-order valence-corrected chi connectivity index (χ0v) is 14.5. The molecule has 0 saturated carbocycles. The maximum atomic E-state index is 13.1. The largest absolute Gasteiger partial charge is 0.481 e. The molecule has 0 saturated heterocycles. The number of fused-ring (bicyclic) bond motifs is 2. The number of aryl methyl sites for hydroxylation is 2. The van der Waals surface area contributed by atoms with E-state index in [-0.39, 0.29) is 12.5 Å². The summed E-state index contributed by atoms with van der Waals surface area (Å²) in [7, 11) is 0. The van der Waals surface area contributed by atoms with Gasteiger partial charge in [0.2, 0.25) is 0 Å². The van der Waals surface area contributed by atoms with Gasteiger partial charge in [-0.1, -0.05) is 24.3 Å². The molecular weight excluding hydrogens is 332 g/mol. The van der Waals surface area contributed by atoms with Gasteiger partial charge in [0.15, 0.2) is 5.65 Å². The molecule has 0 aliphatic carbocycles. The highest BCUT2D eigenvalue weighted by Crippen LogP contribution is 2.29. The maximum absolute atomic E-state index is 13.1. The number of carboxylic acid groups (broad SMARTS) is 1. The number of hydrogen-bond acceptors (Lipinski definition) is 4. The Morgan fingerprint density at radius 3 is 2.77 bits per heavy atom. The first-order valence-electron chi connectivity index (χ1n) is 8.37. The van der Waals surface area contributed by atoms with Crippen molar-refractivity contribution in [1.29, 1.82) is 0 Å². The number of aliphatic carboxylic acids is 1. The molecule has 1 amide bonds. The average Bonchev–Trinajstić information content (AvgIpc) is 3.02. The van der Waals surface area contributed by atoms with Crippen molar-refractivity contribution in [2.24, 2.45) is 0 Å². The third-order valence-corrected chi connectivity index (χ3v) is 4.86. The lowest BCUT2D eigenvalue weighted by Crippen LogP contribution is -2.41. The molecule has 4 rings (SSSR count). The van der Waals surface area contributed by atoms with E-state index in [2.05, 4.69) is 10.1 Å². The van der Waals surface area contributed by atoms with Crippen molar-refractivity contribution in [3.8, 4) is 0 Å². The van der Waals surface area contributed by atoms with Crippen molar-refractivity contribution in [1.82, 2.24) is 19.5 Å². The summed E-state index contributed by atoms with van der Waals surface area (Å²) >= 11 is 0. The number of carbonyl (C=O) groups excluding carboxylic acids is 1. The molecule has 132 valence electrons. The second-order valence-electron chi connectivity index (χ2n) is 6.59. The topological polar surface area (TPSA) is 87.8 Å². The number of benzene rings is 1. The Bertz CT molecular complexity index is 1040. The average molecular weight is 350 g/mol. The molecule has 1 aromatic carbocycles. The predicted octanol–water partition coefficient (Wildman–Crippen LogP) is 2.17. The van der Waals surface area contributed by atoms with Crippen molar-refractivity contribution < 1.29 is 14.7 Å². The first-order chi connectivity index (χ1) is 12.5. The van der Waals surface area contributed by atoms with Crippen molar-refractivity contribution in [2.75, 3.05) is 6.54 Å². The number of aromatic nitrogens is 3. The van der Waals surface area contributed by atoms with Crippen molar-refractivity contribution in [2.45, 2.75) is 26.3 Å². The Morgan fingerprint density at radius 2 is 2.00 bits per heavy atom. The molecule has 1 aliphatic heterocycles. The van der Waals surface area contributed by atoms with Crippen LogP contribution in [0.3, 0.4) is 0 Å². The highest BCUT2D eigenvalue weighted by atomic mass is 16.4. The lowest BCUT2D eigenvalue weighted by atomic mass is 9.89. The Hall–Kier alpha value is -3.22. The predicted molar refractivity (Wildman–Crippen MR) is 94.0 cm³/mol. The summed E-state index contributed by atoms with van der Waals surface area (Å²) in [5.41, 5.74) is 4.27. The van der Waals surface area contributed by atoms with Gasteiger partial charge >= 0.3 is 5.97 Å². The van der Waals surface area contributed by atoms with Gasteiger partial charge in [-0.05, 0) is 25.0 Å². The second-order valence-corrected chi connectivity index (χ2v) is 6.59. The van der Waals surface area contributed by atoms with E-state index in [1.54, 1.807) is 15.6 Å². The van der Waals surface area contributed by atoms with Gasteiger partial charge in [0.25, 0.3) is 5.91 Å². The number of nitrogens with zero attached hydrogens (tertiary/aromatic N) is 4. The minimum absolute atomic E-state index is 0.140. The molecule has 0 bridgehead atoms. The van der Waals surface area contributed by atoms with Crippen molar-refractivity contribution in [3.63, 3.8) is 0 Å². The minimum atomic E-state index is -0.928. The van der Waals surface area contributed by atoms with Crippen LogP contribution < -0.4 is 0 Å². The van der Waals surface area contributed by atoms with E-state index < -0.39 is 11.9 Å². The highest BCUT2D eigenvalue weighted by molar-refractivity contribution is 5.96. The van der Waals surface area contributed by atoms with E-state index in [0.29, 0.717) is 23.4 Å². The zero-order chi connectivity index (χ0) is 18.4. The standard InChI is InChI=1S/C19H18N4O3/c1-11-7-17-20-8-15(12(2)23(17)21-11)18(24)22-9-13-5-3-4-6-14(13)16(10-22)19(25)26/h3-8,16H,9-10H2,1-2H3,(H,25,26). The van der Waals surface area contributed by atoms with Crippen LogP contribution in [0.4, 0.5) is 0 Å². The molecule has 3 aromatic rings. The van der Waals surface area contributed by atoms with Crippen LogP contribution in [0.2, 0.25) is 0 Å². The maximum Gasteiger partial charge on any atom is 0.312 e. The third-order valence-electron chi connectivity index (χ3n) is 4.86.